The number of benzene rings is 1. The minimum absolute atomic E-state index is 0.0747. The van der Waals surface area contributed by atoms with Gasteiger partial charge in [0, 0.05) is 30.5 Å². The van der Waals surface area contributed by atoms with Crippen LogP contribution in [-0.4, -0.2) is 78.0 Å². The van der Waals surface area contributed by atoms with Gasteiger partial charge in [-0.3, -0.25) is 9.59 Å². The van der Waals surface area contributed by atoms with Gasteiger partial charge >= 0.3 is 6.09 Å². The van der Waals surface area contributed by atoms with E-state index in [-0.39, 0.29) is 35.6 Å². The number of hydrogen-bond acceptors (Lipinski definition) is 6. The minimum Gasteiger partial charge on any atom is -0.493 e. The van der Waals surface area contributed by atoms with Crippen LogP contribution in [0.4, 0.5) is 4.79 Å². The molecule has 0 spiro atoms. The fourth-order valence-electron chi connectivity index (χ4n) is 6.04. The zero-order chi connectivity index (χ0) is 27.4. The van der Waals surface area contributed by atoms with Gasteiger partial charge in [-0.1, -0.05) is 33.1 Å². The van der Waals surface area contributed by atoms with E-state index in [0.29, 0.717) is 43.9 Å². The first kappa shape index (κ1) is 27.7. The minimum atomic E-state index is -1.20. The van der Waals surface area contributed by atoms with Crippen LogP contribution in [0.2, 0.25) is 0 Å². The standard InChI is InChI=1S/C28H40N4O6/c1-5-17(2)24(29-28(35)36)27(34)31-14-12-19(13-15-31)32-26(33)21-9-7-6-8-20(21)25(30-32)18-10-11-22(37-3)23(16-18)38-4/h10-11,16-17,19-21,24,29H,5-9,12-15H2,1-4H3,(H,35,36)/t17-,20-,21+,24-/m0/s1. The highest BCUT2D eigenvalue weighted by atomic mass is 16.5. The molecule has 1 aromatic rings. The van der Waals surface area contributed by atoms with Crippen molar-refractivity contribution in [3.63, 3.8) is 0 Å². The maximum Gasteiger partial charge on any atom is 0.405 e. The Morgan fingerprint density at radius 2 is 1.74 bits per heavy atom. The van der Waals surface area contributed by atoms with Gasteiger partial charge in [0.05, 0.1) is 26.0 Å². The van der Waals surface area contributed by atoms with E-state index in [1.807, 2.05) is 32.0 Å². The van der Waals surface area contributed by atoms with Gasteiger partial charge in [0.2, 0.25) is 11.8 Å². The van der Waals surface area contributed by atoms with E-state index in [0.717, 1.165) is 37.0 Å². The summed E-state index contributed by atoms with van der Waals surface area (Å²) in [6.07, 6.45) is 4.56. The highest BCUT2D eigenvalue weighted by Gasteiger charge is 2.44. The number of carbonyl (C=O) groups is 3. The second-order valence-corrected chi connectivity index (χ2v) is 10.6. The van der Waals surface area contributed by atoms with Gasteiger partial charge in [0.1, 0.15) is 6.04 Å². The Hall–Kier alpha value is -3.30. The molecule has 208 valence electrons. The van der Waals surface area contributed by atoms with Crippen molar-refractivity contribution in [1.29, 1.82) is 0 Å². The first-order valence-electron chi connectivity index (χ1n) is 13.7. The Kier molecular flexibility index (Phi) is 8.79. The molecule has 1 aliphatic carbocycles. The predicted octanol–water partition coefficient (Wildman–Crippen LogP) is 3.73. The maximum absolute atomic E-state index is 13.7. The summed E-state index contributed by atoms with van der Waals surface area (Å²) in [6.45, 7) is 4.73. The zero-order valence-electron chi connectivity index (χ0n) is 22.8. The molecule has 2 heterocycles. The Morgan fingerprint density at radius 1 is 1.08 bits per heavy atom. The lowest BCUT2D eigenvalue weighted by molar-refractivity contribution is -0.143. The molecule has 1 aromatic carbocycles. The smallest absolute Gasteiger partial charge is 0.405 e. The maximum atomic E-state index is 13.7. The largest absolute Gasteiger partial charge is 0.493 e. The normalized spacial score (nSPS) is 23.7. The number of methoxy groups -OCH3 is 2. The van der Waals surface area contributed by atoms with Gasteiger partial charge in [0.25, 0.3) is 0 Å². The lowest BCUT2D eigenvalue weighted by Gasteiger charge is -2.44. The SMILES string of the molecule is CC[C@H](C)[C@H](NC(=O)O)C(=O)N1CCC(N2N=C(c3ccc(OC)c(OC)c3)[C@H]3CCCC[C@H]3C2=O)CC1. The number of carboxylic acid groups (broad SMARTS) is 1. The number of rotatable bonds is 8. The van der Waals surface area contributed by atoms with E-state index in [4.69, 9.17) is 14.6 Å². The number of likely N-dealkylation sites (tertiary alicyclic amines) is 1. The predicted molar refractivity (Wildman–Crippen MR) is 142 cm³/mol. The van der Waals surface area contributed by atoms with Crippen molar-refractivity contribution < 1.29 is 29.0 Å². The summed E-state index contributed by atoms with van der Waals surface area (Å²) in [7, 11) is 3.21. The summed E-state index contributed by atoms with van der Waals surface area (Å²) >= 11 is 0. The Balaban J connectivity index is 1.55. The third-order valence-corrected chi connectivity index (χ3v) is 8.43. The van der Waals surface area contributed by atoms with Crippen molar-refractivity contribution in [2.75, 3.05) is 27.3 Å². The van der Waals surface area contributed by atoms with Gasteiger partial charge < -0.3 is 24.8 Å². The highest BCUT2D eigenvalue weighted by Crippen LogP contribution is 2.40. The van der Waals surface area contributed by atoms with E-state index in [9.17, 15) is 19.5 Å². The molecule has 38 heavy (non-hydrogen) atoms. The third kappa shape index (κ3) is 5.59. The van der Waals surface area contributed by atoms with Crippen molar-refractivity contribution in [3.05, 3.63) is 23.8 Å². The molecule has 0 bridgehead atoms. The summed E-state index contributed by atoms with van der Waals surface area (Å²) in [5.74, 6) is 1.01. The van der Waals surface area contributed by atoms with Crippen LogP contribution in [0.1, 0.15) is 64.4 Å². The summed E-state index contributed by atoms with van der Waals surface area (Å²) < 4.78 is 10.9. The zero-order valence-corrected chi connectivity index (χ0v) is 22.8. The summed E-state index contributed by atoms with van der Waals surface area (Å²) in [4.78, 5) is 39.9. The van der Waals surface area contributed by atoms with Crippen LogP contribution >= 0.6 is 0 Å². The number of hydrogen-bond donors (Lipinski definition) is 2. The second-order valence-electron chi connectivity index (χ2n) is 10.6. The molecule has 1 saturated carbocycles. The Morgan fingerprint density at radius 3 is 2.34 bits per heavy atom. The Bertz CT molecular complexity index is 1070. The molecule has 4 rings (SSSR count). The van der Waals surface area contributed by atoms with Crippen LogP contribution in [0.15, 0.2) is 23.3 Å². The first-order chi connectivity index (χ1) is 18.3. The van der Waals surface area contributed by atoms with Crippen molar-refractivity contribution in [2.24, 2.45) is 22.9 Å². The second kappa shape index (κ2) is 12.0. The number of nitrogens with one attached hydrogen (secondary N) is 1. The number of amides is 3. The van der Waals surface area contributed by atoms with Crippen molar-refractivity contribution in [3.8, 4) is 11.5 Å². The number of carbonyl (C=O) groups excluding carboxylic acids is 2. The number of nitrogens with zero attached hydrogens (tertiary/aromatic N) is 3. The molecular weight excluding hydrogens is 488 g/mol. The molecule has 2 aliphatic heterocycles. The van der Waals surface area contributed by atoms with Crippen molar-refractivity contribution in [1.82, 2.24) is 15.2 Å². The van der Waals surface area contributed by atoms with Crippen LogP contribution in [0.5, 0.6) is 11.5 Å². The summed E-state index contributed by atoms with van der Waals surface area (Å²) in [5, 5.41) is 18.3. The molecule has 0 radical (unpaired) electrons. The fraction of sp³-hybridized carbons (Fsp3) is 0.643. The van der Waals surface area contributed by atoms with Gasteiger partial charge in [-0.2, -0.15) is 5.10 Å². The molecule has 3 amide bonds. The number of hydrazone groups is 1. The van der Waals surface area contributed by atoms with E-state index in [1.54, 1.807) is 24.1 Å². The molecule has 4 atom stereocenters. The summed E-state index contributed by atoms with van der Waals surface area (Å²) in [6, 6.07) is 4.90. The molecule has 2 N–H and O–H groups in total. The van der Waals surface area contributed by atoms with Crippen LogP contribution in [0, 0.1) is 17.8 Å². The molecule has 0 aromatic heterocycles. The third-order valence-electron chi connectivity index (χ3n) is 8.43. The van der Waals surface area contributed by atoms with E-state index in [2.05, 4.69) is 5.32 Å². The van der Waals surface area contributed by atoms with Gasteiger partial charge in [-0.15, -0.1) is 0 Å². The monoisotopic (exact) mass is 528 g/mol. The summed E-state index contributed by atoms with van der Waals surface area (Å²) in [5.41, 5.74) is 1.84. The molecule has 3 aliphatic rings. The van der Waals surface area contributed by atoms with E-state index >= 15 is 0 Å². The van der Waals surface area contributed by atoms with Crippen LogP contribution < -0.4 is 14.8 Å². The number of ether oxygens (including phenoxy) is 2. The quantitative estimate of drug-likeness (QED) is 0.530. The van der Waals surface area contributed by atoms with E-state index < -0.39 is 12.1 Å². The topological polar surface area (TPSA) is 121 Å². The lowest BCUT2D eigenvalue weighted by Crippen LogP contribution is -2.56. The molecule has 10 nitrogen and oxygen atoms in total. The van der Waals surface area contributed by atoms with Crippen LogP contribution in [0.3, 0.4) is 0 Å². The highest BCUT2D eigenvalue weighted by molar-refractivity contribution is 6.07. The van der Waals surface area contributed by atoms with Crippen LogP contribution in [0.25, 0.3) is 0 Å². The van der Waals surface area contributed by atoms with Crippen molar-refractivity contribution >= 4 is 23.6 Å². The van der Waals surface area contributed by atoms with Gasteiger partial charge in [0.15, 0.2) is 11.5 Å². The molecule has 1 saturated heterocycles. The number of fused-ring (bicyclic) bond motifs is 1. The van der Waals surface area contributed by atoms with Crippen molar-refractivity contribution in [2.45, 2.75) is 70.9 Å². The van der Waals surface area contributed by atoms with Crippen LogP contribution in [-0.2, 0) is 9.59 Å². The molecule has 2 fully saturated rings. The van der Waals surface area contributed by atoms with Gasteiger partial charge in [-0.25, -0.2) is 9.80 Å². The molecule has 10 heteroatoms. The number of piperidine rings is 1. The first-order valence-corrected chi connectivity index (χ1v) is 13.7. The molecular formula is C28H40N4O6. The average Bonchev–Trinajstić information content (AvgIpc) is 2.95. The Labute approximate surface area is 224 Å². The van der Waals surface area contributed by atoms with Gasteiger partial charge in [-0.05, 0) is 49.8 Å². The van der Waals surface area contributed by atoms with E-state index in [1.165, 1.54) is 0 Å². The lowest BCUT2D eigenvalue weighted by atomic mass is 9.73. The average molecular weight is 529 g/mol. The fourth-order valence-corrected chi connectivity index (χ4v) is 6.04. The molecule has 0 unspecified atom stereocenters.